The van der Waals surface area contributed by atoms with Gasteiger partial charge in [-0.1, -0.05) is 12.1 Å². The Morgan fingerprint density at radius 2 is 1.50 bits per heavy atom. The van der Waals surface area contributed by atoms with Crippen molar-refractivity contribution in [2.24, 2.45) is 0 Å². The summed E-state index contributed by atoms with van der Waals surface area (Å²) < 4.78 is 0. The number of benzene rings is 1. The van der Waals surface area contributed by atoms with Gasteiger partial charge in [0, 0.05) is 22.2 Å². The van der Waals surface area contributed by atoms with E-state index in [1.165, 1.54) is 21.6 Å². The highest BCUT2D eigenvalue weighted by Gasteiger charge is 2.07. The molecule has 0 fully saturated rings. The first-order valence-electron chi connectivity index (χ1n) is 4.28. The second-order valence-corrected chi connectivity index (χ2v) is 4.69. The predicted octanol–water partition coefficient (Wildman–Crippen LogP) is 3.70. The molecule has 14 heavy (non-hydrogen) atoms. The molecule has 0 aliphatic rings. The van der Waals surface area contributed by atoms with Gasteiger partial charge in [0.2, 0.25) is 0 Å². The second-order valence-electron chi connectivity index (χ2n) is 2.92. The van der Waals surface area contributed by atoms with Crippen molar-refractivity contribution in [3.8, 4) is 0 Å². The summed E-state index contributed by atoms with van der Waals surface area (Å²) >= 11 is 14.7. The van der Waals surface area contributed by atoms with Crippen LogP contribution in [0.4, 0.5) is 0 Å². The van der Waals surface area contributed by atoms with Crippen molar-refractivity contribution < 1.29 is 0 Å². The summed E-state index contributed by atoms with van der Waals surface area (Å²) in [5, 5.41) is 0. The van der Waals surface area contributed by atoms with E-state index in [1.807, 2.05) is 0 Å². The minimum Gasteiger partial charge on any atom is -0.175 e. The van der Waals surface area contributed by atoms with Gasteiger partial charge in [-0.2, -0.15) is 37.9 Å². The number of thiol groups is 3. The highest BCUT2D eigenvalue weighted by Crippen LogP contribution is 2.29. The van der Waals surface area contributed by atoms with Gasteiger partial charge in [0.25, 0.3) is 0 Å². The maximum absolute atomic E-state index is 4.34. The normalized spacial score (nSPS) is 10.6. The number of thioether (sulfide) groups is 1. The van der Waals surface area contributed by atoms with Crippen LogP contribution in [0, 0.1) is 0 Å². The molecule has 0 amide bonds. The molecular formula is C10H14S4. The maximum atomic E-state index is 4.34. The van der Waals surface area contributed by atoms with Gasteiger partial charge in [-0.25, -0.2) is 0 Å². The highest BCUT2D eigenvalue weighted by molar-refractivity contribution is 7.98. The van der Waals surface area contributed by atoms with Gasteiger partial charge in [0.15, 0.2) is 0 Å². The van der Waals surface area contributed by atoms with Crippen molar-refractivity contribution in [2.75, 3.05) is 6.26 Å². The van der Waals surface area contributed by atoms with Crippen molar-refractivity contribution in [1.82, 2.24) is 0 Å². The van der Waals surface area contributed by atoms with E-state index >= 15 is 0 Å². The maximum Gasteiger partial charge on any atom is 0.0165 e. The van der Waals surface area contributed by atoms with E-state index in [1.54, 1.807) is 11.8 Å². The molecule has 0 saturated carbocycles. The Bertz CT molecular complexity index is 284. The first-order chi connectivity index (χ1) is 6.76. The smallest absolute Gasteiger partial charge is 0.0165 e. The Kier molecular flexibility index (Phi) is 5.67. The number of hydrogen-bond donors (Lipinski definition) is 3. The van der Waals surface area contributed by atoms with Crippen LogP contribution in [0.25, 0.3) is 0 Å². The standard InChI is InChI=1S/C10H14S4/c1-14-10-8(5-12)2-7(4-11)3-9(10)6-13/h2-3,11-13H,4-6H2,1H3. The molecular weight excluding hydrogens is 248 g/mol. The van der Waals surface area contributed by atoms with Gasteiger partial charge >= 0.3 is 0 Å². The molecule has 4 heteroatoms. The van der Waals surface area contributed by atoms with Crippen molar-refractivity contribution in [3.63, 3.8) is 0 Å². The van der Waals surface area contributed by atoms with Crippen LogP contribution in [-0.4, -0.2) is 6.26 Å². The zero-order valence-electron chi connectivity index (χ0n) is 8.03. The average molecular weight is 262 g/mol. The Labute approximate surface area is 106 Å². The molecule has 0 aliphatic carbocycles. The molecule has 0 aliphatic heterocycles. The Hall–Kier alpha value is 0.620. The van der Waals surface area contributed by atoms with E-state index in [4.69, 9.17) is 0 Å². The molecule has 0 nitrogen and oxygen atoms in total. The summed E-state index contributed by atoms with van der Waals surface area (Å²) in [7, 11) is 0. The molecule has 1 aromatic carbocycles. The summed E-state index contributed by atoms with van der Waals surface area (Å²) in [4.78, 5) is 1.32. The third-order valence-corrected chi connectivity index (χ3v) is 4.01. The van der Waals surface area contributed by atoms with E-state index in [9.17, 15) is 0 Å². The molecule has 0 heterocycles. The quantitative estimate of drug-likeness (QED) is 0.549. The third-order valence-electron chi connectivity index (χ3n) is 2.03. The first kappa shape index (κ1) is 12.7. The summed E-state index contributed by atoms with van der Waals surface area (Å²) in [6.45, 7) is 0. The van der Waals surface area contributed by atoms with Crippen molar-refractivity contribution >= 4 is 49.6 Å². The van der Waals surface area contributed by atoms with Gasteiger partial charge in [0.1, 0.15) is 0 Å². The Morgan fingerprint density at radius 1 is 1.00 bits per heavy atom. The first-order valence-corrected chi connectivity index (χ1v) is 7.40. The van der Waals surface area contributed by atoms with Crippen LogP contribution in [0.2, 0.25) is 0 Å². The monoisotopic (exact) mass is 262 g/mol. The van der Waals surface area contributed by atoms with Gasteiger partial charge in [0.05, 0.1) is 0 Å². The minimum atomic E-state index is 0.774. The van der Waals surface area contributed by atoms with Gasteiger partial charge in [-0.3, -0.25) is 0 Å². The average Bonchev–Trinajstić information content (AvgIpc) is 2.26. The van der Waals surface area contributed by atoms with Crippen LogP contribution in [0.5, 0.6) is 0 Å². The van der Waals surface area contributed by atoms with E-state index in [2.05, 4.69) is 56.3 Å². The lowest BCUT2D eigenvalue weighted by molar-refractivity contribution is 1.16. The number of hydrogen-bond acceptors (Lipinski definition) is 4. The molecule has 0 aromatic heterocycles. The fourth-order valence-corrected chi connectivity index (χ4v) is 3.10. The molecule has 0 radical (unpaired) electrons. The van der Waals surface area contributed by atoms with E-state index in [0.717, 1.165) is 17.3 Å². The van der Waals surface area contributed by atoms with E-state index < -0.39 is 0 Å². The molecule has 78 valence electrons. The Balaban J connectivity index is 3.24. The Morgan fingerprint density at radius 3 is 1.79 bits per heavy atom. The molecule has 0 N–H and O–H groups in total. The molecule has 0 saturated heterocycles. The van der Waals surface area contributed by atoms with Gasteiger partial charge in [-0.05, 0) is 22.9 Å². The van der Waals surface area contributed by atoms with Crippen molar-refractivity contribution in [2.45, 2.75) is 22.2 Å². The zero-order chi connectivity index (χ0) is 10.6. The second kappa shape index (κ2) is 6.26. The molecule has 0 spiro atoms. The van der Waals surface area contributed by atoms with Gasteiger partial charge in [-0.15, -0.1) is 11.8 Å². The fraction of sp³-hybridized carbons (Fsp3) is 0.400. The third kappa shape index (κ3) is 2.81. The largest absolute Gasteiger partial charge is 0.175 e. The predicted molar refractivity (Wildman–Crippen MR) is 76.3 cm³/mol. The molecule has 0 bridgehead atoms. The van der Waals surface area contributed by atoms with Crippen LogP contribution in [0.15, 0.2) is 17.0 Å². The van der Waals surface area contributed by atoms with Crippen molar-refractivity contribution in [3.05, 3.63) is 28.8 Å². The summed E-state index contributed by atoms with van der Waals surface area (Å²) in [6, 6.07) is 4.36. The lowest BCUT2D eigenvalue weighted by atomic mass is 10.1. The lowest BCUT2D eigenvalue weighted by Crippen LogP contribution is -1.93. The molecule has 0 atom stereocenters. The topological polar surface area (TPSA) is 0 Å². The van der Waals surface area contributed by atoms with Crippen LogP contribution in [-0.2, 0) is 17.3 Å². The number of rotatable bonds is 4. The fourth-order valence-electron chi connectivity index (χ4n) is 1.41. The van der Waals surface area contributed by atoms with Crippen LogP contribution in [0.1, 0.15) is 16.7 Å². The zero-order valence-corrected chi connectivity index (χ0v) is 11.5. The molecule has 1 aromatic rings. The molecule has 1 rings (SSSR count). The SMILES string of the molecule is CSc1c(CS)cc(CS)cc1CS. The van der Waals surface area contributed by atoms with Gasteiger partial charge < -0.3 is 0 Å². The summed E-state index contributed by atoms with van der Waals surface area (Å²) in [6.07, 6.45) is 2.09. The summed E-state index contributed by atoms with van der Waals surface area (Å²) in [5.74, 6) is 2.33. The lowest BCUT2D eigenvalue weighted by Gasteiger charge is -2.12. The van der Waals surface area contributed by atoms with Crippen LogP contribution < -0.4 is 0 Å². The van der Waals surface area contributed by atoms with E-state index in [-0.39, 0.29) is 0 Å². The van der Waals surface area contributed by atoms with Crippen molar-refractivity contribution in [1.29, 1.82) is 0 Å². The van der Waals surface area contributed by atoms with E-state index in [0.29, 0.717) is 0 Å². The summed E-state index contributed by atoms with van der Waals surface area (Å²) in [5.41, 5.74) is 3.83. The minimum absolute atomic E-state index is 0.774. The highest BCUT2D eigenvalue weighted by atomic mass is 32.2. The van der Waals surface area contributed by atoms with Crippen LogP contribution >= 0.6 is 49.6 Å². The molecule has 0 unspecified atom stereocenters. The van der Waals surface area contributed by atoms with Crippen LogP contribution in [0.3, 0.4) is 0 Å².